The minimum Gasteiger partial charge on any atom is -0.496 e. The van der Waals surface area contributed by atoms with Crippen molar-refractivity contribution in [3.05, 3.63) is 28.2 Å². The van der Waals surface area contributed by atoms with Crippen molar-refractivity contribution in [2.75, 3.05) is 32.2 Å². The number of methoxy groups -OCH3 is 1. The lowest BCUT2D eigenvalue weighted by atomic mass is 9.99. The molecule has 6 heteroatoms. The molecule has 2 unspecified atom stereocenters. The average Bonchev–Trinajstić information content (AvgIpc) is 2.46. The number of hydrogen-bond donors (Lipinski definition) is 2. The van der Waals surface area contributed by atoms with Crippen molar-refractivity contribution in [2.24, 2.45) is 5.84 Å². The molecule has 1 aromatic carbocycles. The van der Waals surface area contributed by atoms with Gasteiger partial charge in [0.15, 0.2) is 0 Å². The summed E-state index contributed by atoms with van der Waals surface area (Å²) in [6.07, 6.45) is 0.856. The van der Waals surface area contributed by atoms with E-state index in [1.807, 2.05) is 23.9 Å². The third-order valence-corrected chi connectivity index (χ3v) is 5.35. The zero-order chi connectivity index (χ0) is 14.5. The maximum Gasteiger partial charge on any atom is 0.122 e. The van der Waals surface area contributed by atoms with Crippen LogP contribution in [-0.2, 0) is 6.42 Å². The molecule has 1 fully saturated rings. The van der Waals surface area contributed by atoms with E-state index in [1.54, 1.807) is 7.11 Å². The standard InChI is InChI=1S/C14H22BrN3OS/c1-18-5-6-20-9-13(18)12(17-16)8-10-7-11(15)3-4-14(10)19-2/h3-4,7,12-13,17H,5-6,8-9,16H2,1-2H3. The first kappa shape index (κ1) is 16.1. The average molecular weight is 360 g/mol. The lowest BCUT2D eigenvalue weighted by Gasteiger charge is -2.37. The molecule has 3 N–H and O–H groups in total. The van der Waals surface area contributed by atoms with E-state index in [4.69, 9.17) is 10.6 Å². The SMILES string of the molecule is COc1ccc(Br)cc1CC(NN)C1CSCCN1C. The molecule has 112 valence electrons. The van der Waals surface area contributed by atoms with Crippen LogP contribution in [-0.4, -0.2) is 49.2 Å². The summed E-state index contributed by atoms with van der Waals surface area (Å²) in [4.78, 5) is 2.39. The molecule has 1 aliphatic rings. The van der Waals surface area contributed by atoms with Gasteiger partial charge in [-0.3, -0.25) is 11.3 Å². The van der Waals surface area contributed by atoms with E-state index >= 15 is 0 Å². The van der Waals surface area contributed by atoms with Gasteiger partial charge in [-0.1, -0.05) is 15.9 Å². The summed E-state index contributed by atoms with van der Waals surface area (Å²) in [6, 6.07) is 6.76. The maximum absolute atomic E-state index is 5.80. The molecule has 1 aromatic rings. The van der Waals surface area contributed by atoms with Crippen LogP contribution in [0.3, 0.4) is 0 Å². The summed E-state index contributed by atoms with van der Waals surface area (Å²) in [7, 11) is 3.88. The lowest BCUT2D eigenvalue weighted by molar-refractivity contribution is 0.213. The topological polar surface area (TPSA) is 50.5 Å². The Labute approximate surface area is 133 Å². The van der Waals surface area contributed by atoms with Gasteiger partial charge in [0, 0.05) is 34.6 Å². The fourth-order valence-electron chi connectivity index (χ4n) is 2.58. The second-order valence-corrected chi connectivity index (χ2v) is 7.12. The first-order valence-corrected chi connectivity index (χ1v) is 8.67. The van der Waals surface area contributed by atoms with Crippen LogP contribution >= 0.6 is 27.7 Å². The van der Waals surface area contributed by atoms with E-state index in [1.165, 1.54) is 11.3 Å². The number of hydrogen-bond acceptors (Lipinski definition) is 5. The zero-order valence-electron chi connectivity index (χ0n) is 11.9. The highest BCUT2D eigenvalue weighted by Gasteiger charge is 2.28. The highest BCUT2D eigenvalue weighted by atomic mass is 79.9. The highest BCUT2D eigenvalue weighted by molar-refractivity contribution is 9.10. The molecule has 0 saturated carbocycles. The van der Waals surface area contributed by atoms with Crippen LogP contribution in [0, 0.1) is 0 Å². The number of benzene rings is 1. The first-order chi connectivity index (χ1) is 9.65. The number of likely N-dealkylation sites (N-methyl/N-ethyl adjacent to an activating group) is 1. The predicted octanol–water partition coefficient (Wildman–Crippen LogP) is 1.88. The molecular formula is C14H22BrN3OS. The van der Waals surface area contributed by atoms with Crippen molar-refractivity contribution >= 4 is 27.7 Å². The lowest BCUT2D eigenvalue weighted by Crippen LogP contribution is -2.55. The minimum absolute atomic E-state index is 0.219. The van der Waals surface area contributed by atoms with Crippen LogP contribution in [0.2, 0.25) is 0 Å². The molecule has 2 rings (SSSR count). The molecule has 2 atom stereocenters. The molecule has 0 amide bonds. The van der Waals surface area contributed by atoms with Gasteiger partial charge in [-0.25, -0.2) is 0 Å². The van der Waals surface area contributed by atoms with Gasteiger partial charge in [-0.15, -0.1) is 0 Å². The highest BCUT2D eigenvalue weighted by Crippen LogP contribution is 2.26. The Balaban J connectivity index is 2.15. The van der Waals surface area contributed by atoms with Crippen molar-refractivity contribution in [2.45, 2.75) is 18.5 Å². The van der Waals surface area contributed by atoms with Crippen LogP contribution in [0.25, 0.3) is 0 Å². The van der Waals surface area contributed by atoms with Crippen molar-refractivity contribution in [3.63, 3.8) is 0 Å². The fourth-order valence-corrected chi connectivity index (χ4v) is 4.30. The van der Waals surface area contributed by atoms with Gasteiger partial charge in [0.25, 0.3) is 0 Å². The molecule has 0 aromatic heterocycles. The Morgan fingerprint density at radius 2 is 2.40 bits per heavy atom. The Hall–Kier alpha value is -0.270. The molecule has 1 heterocycles. The van der Waals surface area contributed by atoms with Crippen LogP contribution < -0.4 is 16.0 Å². The number of nitrogens with zero attached hydrogens (tertiary/aromatic N) is 1. The van der Waals surface area contributed by atoms with Gasteiger partial charge in [-0.05, 0) is 37.2 Å². The monoisotopic (exact) mass is 359 g/mol. The van der Waals surface area contributed by atoms with Crippen LogP contribution in [0.1, 0.15) is 5.56 Å². The number of rotatable bonds is 5. The van der Waals surface area contributed by atoms with Crippen molar-refractivity contribution in [1.29, 1.82) is 0 Å². The minimum atomic E-state index is 0.219. The Morgan fingerprint density at radius 3 is 3.05 bits per heavy atom. The van der Waals surface area contributed by atoms with E-state index in [0.29, 0.717) is 6.04 Å². The van der Waals surface area contributed by atoms with Crippen LogP contribution in [0.5, 0.6) is 5.75 Å². The van der Waals surface area contributed by atoms with Crippen molar-refractivity contribution in [3.8, 4) is 5.75 Å². The molecule has 20 heavy (non-hydrogen) atoms. The molecule has 0 bridgehead atoms. The van der Waals surface area contributed by atoms with Gasteiger partial charge in [0.05, 0.1) is 7.11 Å². The maximum atomic E-state index is 5.80. The van der Waals surface area contributed by atoms with E-state index < -0.39 is 0 Å². The number of hydrazine groups is 1. The number of thioether (sulfide) groups is 1. The van der Waals surface area contributed by atoms with E-state index in [9.17, 15) is 0 Å². The van der Waals surface area contributed by atoms with Gasteiger partial charge < -0.3 is 9.64 Å². The van der Waals surface area contributed by atoms with Gasteiger partial charge in [0.1, 0.15) is 5.75 Å². The number of halogens is 1. The third kappa shape index (κ3) is 3.89. The zero-order valence-corrected chi connectivity index (χ0v) is 14.3. The molecule has 4 nitrogen and oxygen atoms in total. The first-order valence-electron chi connectivity index (χ1n) is 6.72. The summed E-state index contributed by atoms with van der Waals surface area (Å²) in [5, 5.41) is 0. The second-order valence-electron chi connectivity index (χ2n) is 5.06. The Kier molecular flexibility index (Phi) is 6.17. The smallest absolute Gasteiger partial charge is 0.122 e. The quantitative estimate of drug-likeness (QED) is 0.620. The number of nitrogens with one attached hydrogen (secondary N) is 1. The number of ether oxygens (including phenoxy) is 1. The summed E-state index contributed by atoms with van der Waals surface area (Å²) < 4.78 is 6.52. The molecule has 1 aliphatic heterocycles. The summed E-state index contributed by atoms with van der Waals surface area (Å²) in [6.45, 7) is 1.11. The molecule has 1 saturated heterocycles. The molecule has 0 radical (unpaired) electrons. The Morgan fingerprint density at radius 1 is 1.60 bits per heavy atom. The van der Waals surface area contributed by atoms with Gasteiger partial charge in [-0.2, -0.15) is 11.8 Å². The van der Waals surface area contributed by atoms with E-state index in [0.717, 1.165) is 28.9 Å². The predicted molar refractivity (Wildman–Crippen MR) is 89.3 cm³/mol. The van der Waals surface area contributed by atoms with E-state index in [-0.39, 0.29) is 6.04 Å². The van der Waals surface area contributed by atoms with Gasteiger partial charge in [0.2, 0.25) is 0 Å². The van der Waals surface area contributed by atoms with Crippen molar-refractivity contribution in [1.82, 2.24) is 10.3 Å². The van der Waals surface area contributed by atoms with Crippen LogP contribution in [0.15, 0.2) is 22.7 Å². The largest absolute Gasteiger partial charge is 0.496 e. The second kappa shape index (κ2) is 7.66. The Bertz CT molecular complexity index is 446. The number of nitrogens with two attached hydrogens (primary N) is 1. The van der Waals surface area contributed by atoms with E-state index in [2.05, 4.69) is 39.4 Å². The normalized spacial score (nSPS) is 21.7. The molecule has 0 spiro atoms. The van der Waals surface area contributed by atoms with Gasteiger partial charge >= 0.3 is 0 Å². The van der Waals surface area contributed by atoms with Crippen molar-refractivity contribution < 1.29 is 4.74 Å². The molecule has 0 aliphatic carbocycles. The molecular weight excluding hydrogens is 338 g/mol. The summed E-state index contributed by atoms with van der Waals surface area (Å²) in [5.41, 5.74) is 4.17. The van der Waals surface area contributed by atoms with Crippen LogP contribution in [0.4, 0.5) is 0 Å². The summed E-state index contributed by atoms with van der Waals surface area (Å²) >= 11 is 5.52. The summed E-state index contributed by atoms with van der Waals surface area (Å²) in [5.74, 6) is 9.03. The fraction of sp³-hybridized carbons (Fsp3) is 0.571. The third-order valence-electron chi connectivity index (χ3n) is 3.80.